The molecule has 1 N–H and O–H groups in total. The Bertz CT molecular complexity index is 787. The summed E-state index contributed by atoms with van der Waals surface area (Å²) >= 11 is 0. The summed E-state index contributed by atoms with van der Waals surface area (Å²) in [7, 11) is 0. The first-order chi connectivity index (χ1) is 13.1. The van der Waals surface area contributed by atoms with Gasteiger partial charge < -0.3 is 10.1 Å². The zero-order valence-corrected chi connectivity index (χ0v) is 16.7. The lowest BCUT2D eigenvalue weighted by atomic mass is 9.90. The van der Waals surface area contributed by atoms with Crippen LogP contribution < -0.4 is 10.1 Å². The second kappa shape index (κ2) is 7.85. The summed E-state index contributed by atoms with van der Waals surface area (Å²) in [6, 6.07) is 7.01. The third-order valence-electron chi connectivity index (χ3n) is 5.77. The van der Waals surface area contributed by atoms with Gasteiger partial charge in [-0.15, -0.1) is 0 Å². The Balaban J connectivity index is 1.44. The van der Waals surface area contributed by atoms with Crippen LogP contribution in [0, 0.1) is 19.8 Å². The van der Waals surface area contributed by atoms with Crippen LogP contribution in [0.3, 0.4) is 0 Å². The molecule has 4 heterocycles. The average Bonchev–Trinajstić information content (AvgIpc) is 2.66. The minimum atomic E-state index is 0.358. The first-order valence-electron chi connectivity index (χ1n) is 10.1. The van der Waals surface area contributed by atoms with Gasteiger partial charge in [-0.3, -0.25) is 9.88 Å². The van der Waals surface area contributed by atoms with Crippen molar-refractivity contribution in [2.24, 2.45) is 5.92 Å². The molecule has 1 unspecified atom stereocenters. The second-order valence-corrected chi connectivity index (χ2v) is 8.03. The zero-order valence-electron chi connectivity index (χ0n) is 16.7. The Morgan fingerprint density at radius 2 is 2.07 bits per heavy atom. The predicted molar refractivity (Wildman–Crippen MR) is 108 cm³/mol. The number of nitrogens with one attached hydrogen (secondary N) is 1. The fraction of sp³-hybridized carbons (Fsp3) is 0.545. The number of piperidine rings is 1. The first kappa shape index (κ1) is 18.2. The summed E-state index contributed by atoms with van der Waals surface area (Å²) in [4.78, 5) is 11.7. The van der Waals surface area contributed by atoms with Crippen LogP contribution in [0.5, 0.6) is 5.75 Å². The summed E-state index contributed by atoms with van der Waals surface area (Å²) in [5.74, 6) is 2.46. The van der Waals surface area contributed by atoms with Gasteiger partial charge >= 0.3 is 0 Å². The van der Waals surface area contributed by atoms with Crippen LogP contribution >= 0.6 is 0 Å². The molecule has 2 aliphatic heterocycles. The summed E-state index contributed by atoms with van der Waals surface area (Å²) in [6.07, 6.45) is 5.71. The maximum Gasteiger partial charge on any atom is 0.168 e. The molecule has 0 aromatic carbocycles. The Kier molecular flexibility index (Phi) is 5.30. The highest BCUT2D eigenvalue weighted by atomic mass is 16.5. The summed E-state index contributed by atoms with van der Waals surface area (Å²) in [6.45, 7) is 10.3. The van der Waals surface area contributed by atoms with Gasteiger partial charge in [-0.05, 0) is 81.8 Å². The molecular formula is C22H30N4O. The van der Waals surface area contributed by atoms with Crippen LogP contribution in [0.2, 0.25) is 0 Å². The highest BCUT2D eigenvalue weighted by Crippen LogP contribution is 2.32. The Morgan fingerprint density at radius 1 is 1.26 bits per heavy atom. The van der Waals surface area contributed by atoms with Gasteiger partial charge in [-0.1, -0.05) is 0 Å². The number of pyridine rings is 2. The lowest BCUT2D eigenvalue weighted by Gasteiger charge is -2.37. The van der Waals surface area contributed by atoms with Crippen LogP contribution in [0.25, 0.3) is 0 Å². The van der Waals surface area contributed by atoms with E-state index in [-0.39, 0.29) is 0 Å². The number of rotatable bonds is 4. The van der Waals surface area contributed by atoms with Crippen molar-refractivity contribution in [3.05, 3.63) is 46.9 Å². The Hall–Kier alpha value is -2.14. The summed E-state index contributed by atoms with van der Waals surface area (Å²) < 4.78 is 5.77. The van der Waals surface area contributed by atoms with Gasteiger partial charge in [0.1, 0.15) is 6.61 Å². The van der Waals surface area contributed by atoms with Crippen molar-refractivity contribution in [3.63, 3.8) is 0 Å². The number of likely N-dealkylation sites (tertiary alicyclic amines) is 1. The molecular weight excluding hydrogens is 336 g/mol. The third kappa shape index (κ3) is 4.24. The van der Waals surface area contributed by atoms with Crippen molar-refractivity contribution >= 4 is 5.82 Å². The average molecular weight is 367 g/mol. The fourth-order valence-electron chi connectivity index (χ4n) is 4.46. The van der Waals surface area contributed by atoms with E-state index in [1.165, 1.54) is 24.0 Å². The molecule has 1 fully saturated rings. The normalized spacial score (nSPS) is 21.1. The van der Waals surface area contributed by atoms with Gasteiger partial charge in [0.2, 0.25) is 0 Å². The van der Waals surface area contributed by atoms with Gasteiger partial charge in [0, 0.05) is 30.2 Å². The molecule has 0 radical (unpaired) electrons. The quantitative estimate of drug-likeness (QED) is 0.889. The SMILES string of the molecule is Cc1cc(CC2CCCN([C@@H](C)c3cnc4c(c3)OCCN4)C2)cc(C)n1. The van der Waals surface area contributed by atoms with Gasteiger partial charge in [0.15, 0.2) is 11.6 Å². The van der Waals surface area contributed by atoms with Crippen LogP contribution in [0.1, 0.15) is 48.3 Å². The van der Waals surface area contributed by atoms with Crippen molar-refractivity contribution in [1.29, 1.82) is 0 Å². The number of nitrogens with zero attached hydrogens (tertiary/aromatic N) is 3. The van der Waals surface area contributed by atoms with Crippen molar-refractivity contribution in [2.45, 2.75) is 46.1 Å². The van der Waals surface area contributed by atoms with E-state index < -0.39 is 0 Å². The maximum atomic E-state index is 5.77. The molecule has 144 valence electrons. The lowest BCUT2D eigenvalue weighted by Crippen LogP contribution is -2.38. The van der Waals surface area contributed by atoms with E-state index in [1.807, 2.05) is 6.20 Å². The minimum absolute atomic E-state index is 0.358. The molecule has 27 heavy (non-hydrogen) atoms. The monoisotopic (exact) mass is 366 g/mol. The third-order valence-corrected chi connectivity index (χ3v) is 5.77. The zero-order chi connectivity index (χ0) is 18.8. The Labute approximate surface area is 162 Å². The molecule has 0 amide bonds. The number of aromatic nitrogens is 2. The van der Waals surface area contributed by atoms with Gasteiger partial charge in [0.05, 0.1) is 6.54 Å². The van der Waals surface area contributed by atoms with Gasteiger partial charge in [0.25, 0.3) is 0 Å². The Morgan fingerprint density at radius 3 is 2.89 bits per heavy atom. The van der Waals surface area contributed by atoms with Gasteiger partial charge in [-0.25, -0.2) is 4.98 Å². The number of ether oxygens (including phenoxy) is 1. The molecule has 0 aliphatic carbocycles. The molecule has 2 aromatic heterocycles. The van der Waals surface area contributed by atoms with Crippen LogP contribution in [-0.4, -0.2) is 41.1 Å². The number of hydrogen-bond acceptors (Lipinski definition) is 5. The molecule has 1 saturated heterocycles. The summed E-state index contributed by atoms with van der Waals surface area (Å²) in [5.41, 5.74) is 4.92. The van der Waals surface area contributed by atoms with Crippen LogP contribution in [-0.2, 0) is 6.42 Å². The van der Waals surface area contributed by atoms with E-state index in [4.69, 9.17) is 4.74 Å². The molecule has 5 nitrogen and oxygen atoms in total. The predicted octanol–water partition coefficient (Wildman–Crippen LogP) is 3.91. The van der Waals surface area contributed by atoms with Gasteiger partial charge in [-0.2, -0.15) is 0 Å². The number of aryl methyl sites for hydroxylation is 2. The highest BCUT2D eigenvalue weighted by Gasteiger charge is 2.26. The van der Waals surface area contributed by atoms with E-state index in [0.717, 1.165) is 49.0 Å². The lowest BCUT2D eigenvalue weighted by molar-refractivity contribution is 0.131. The van der Waals surface area contributed by atoms with E-state index in [2.05, 4.69) is 59.2 Å². The number of anilines is 1. The second-order valence-electron chi connectivity index (χ2n) is 8.03. The van der Waals surface area contributed by atoms with Crippen LogP contribution in [0.4, 0.5) is 5.82 Å². The van der Waals surface area contributed by atoms with Crippen molar-refractivity contribution < 1.29 is 4.74 Å². The fourth-order valence-corrected chi connectivity index (χ4v) is 4.46. The molecule has 4 rings (SSSR count). The van der Waals surface area contributed by atoms with Crippen LogP contribution in [0.15, 0.2) is 24.4 Å². The molecule has 2 aliphatic rings. The van der Waals surface area contributed by atoms with E-state index in [1.54, 1.807) is 0 Å². The van der Waals surface area contributed by atoms with E-state index in [9.17, 15) is 0 Å². The molecule has 2 aromatic rings. The highest BCUT2D eigenvalue weighted by molar-refractivity contribution is 5.52. The first-order valence-corrected chi connectivity index (χ1v) is 10.1. The standard InChI is InChI=1S/C22H30N4O/c1-15-9-19(10-16(2)25-15)11-18-5-4-7-26(14-18)17(3)20-12-21-22(24-13-20)23-6-8-27-21/h9-10,12-13,17-18H,4-8,11,14H2,1-3H3,(H,23,24)/t17-,18?/m0/s1. The van der Waals surface area contributed by atoms with Crippen molar-refractivity contribution in [2.75, 3.05) is 31.6 Å². The molecule has 5 heteroatoms. The van der Waals surface area contributed by atoms with Crippen molar-refractivity contribution in [1.82, 2.24) is 14.9 Å². The number of fused-ring (bicyclic) bond motifs is 1. The maximum absolute atomic E-state index is 5.77. The molecule has 0 spiro atoms. The summed E-state index contributed by atoms with van der Waals surface area (Å²) in [5, 5.41) is 3.30. The molecule has 2 atom stereocenters. The smallest absolute Gasteiger partial charge is 0.168 e. The largest absolute Gasteiger partial charge is 0.488 e. The topological polar surface area (TPSA) is 50.3 Å². The molecule has 0 saturated carbocycles. The van der Waals surface area contributed by atoms with E-state index in [0.29, 0.717) is 18.6 Å². The molecule has 0 bridgehead atoms. The number of hydrogen-bond donors (Lipinski definition) is 1. The minimum Gasteiger partial charge on any atom is -0.488 e. The van der Waals surface area contributed by atoms with E-state index >= 15 is 0 Å². The van der Waals surface area contributed by atoms with Crippen molar-refractivity contribution in [3.8, 4) is 5.75 Å².